The minimum atomic E-state index is -4.17. The Morgan fingerprint density at radius 1 is 1.07 bits per heavy atom. The Labute approximate surface area is 179 Å². The van der Waals surface area contributed by atoms with Crippen LogP contribution >= 0.6 is 11.6 Å². The minimum Gasteiger partial charge on any atom is -0.493 e. The average molecular weight is 461 g/mol. The van der Waals surface area contributed by atoms with E-state index in [0.717, 1.165) is 18.5 Å². The molecule has 0 aromatic heterocycles. The van der Waals surface area contributed by atoms with Crippen LogP contribution in [-0.4, -0.2) is 47.2 Å². The highest BCUT2D eigenvalue weighted by molar-refractivity contribution is 7.89. The molecular weight excluding hydrogens is 438 g/mol. The van der Waals surface area contributed by atoms with Crippen molar-refractivity contribution < 1.29 is 26.7 Å². The molecule has 1 heterocycles. The number of methoxy groups -OCH3 is 2. The van der Waals surface area contributed by atoms with Crippen LogP contribution in [0.1, 0.15) is 17.5 Å². The van der Waals surface area contributed by atoms with E-state index in [1.807, 2.05) is 12.1 Å². The van der Waals surface area contributed by atoms with Crippen molar-refractivity contribution in [3.63, 3.8) is 0 Å². The molecule has 0 saturated carbocycles. The van der Waals surface area contributed by atoms with Gasteiger partial charge < -0.3 is 9.47 Å². The minimum absolute atomic E-state index is 0.0985. The van der Waals surface area contributed by atoms with Gasteiger partial charge in [-0.15, -0.1) is 0 Å². The zero-order valence-corrected chi connectivity index (χ0v) is 18.2. The van der Waals surface area contributed by atoms with Crippen LogP contribution in [0.3, 0.4) is 0 Å². The van der Waals surface area contributed by atoms with Gasteiger partial charge in [-0.3, -0.25) is 4.90 Å². The lowest BCUT2D eigenvalue weighted by Crippen LogP contribution is -2.34. The molecule has 6 nitrogen and oxygen atoms in total. The first-order valence-corrected chi connectivity index (χ1v) is 11.2. The van der Waals surface area contributed by atoms with Crippen LogP contribution in [0, 0.1) is 11.6 Å². The van der Waals surface area contributed by atoms with Crippen molar-refractivity contribution in [2.24, 2.45) is 0 Å². The number of benzene rings is 2. The molecule has 164 valence electrons. The third-order valence-electron chi connectivity index (χ3n) is 5.00. The molecule has 0 bridgehead atoms. The van der Waals surface area contributed by atoms with Crippen molar-refractivity contribution in [3.05, 3.63) is 52.0 Å². The lowest BCUT2D eigenvalue weighted by molar-refractivity contribution is 0.250. The Morgan fingerprint density at radius 2 is 1.73 bits per heavy atom. The molecule has 1 aliphatic rings. The Hall–Kier alpha value is -1.94. The second-order valence-electron chi connectivity index (χ2n) is 6.95. The number of sulfonamides is 1. The van der Waals surface area contributed by atoms with Crippen LogP contribution in [0.25, 0.3) is 0 Å². The predicted molar refractivity (Wildman–Crippen MR) is 110 cm³/mol. The van der Waals surface area contributed by atoms with Gasteiger partial charge in [0.1, 0.15) is 16.5 Å². The summed E-state index contributed by atoms with van der Waals surface area (Å²) in [7, 11) is -0.980. The van der Waals surface area contributed by atoms with Gasteiger partial charge in [0.25, 0.3) is 0 Å². The summed E-state index contributed by atoms with van der Waals surface area (Å²) in [6, 6.07) is 5.18. The van der Waals surface area contributed by atoms with E-state index in [4.69, 9.17) is 21.1 Å². The summed E-state index contributed by atoms with van der Waals surface area (Å²) in [4.78, 5) is 1.45. The maximum Gasteiger partial charge on any atom is 0.243 e. The number of nitrogens with zero attached hydrogens (tertiary/aromatic N) is 1. The molecular formula is C20H23ClF2N2O4S. The number of hydrogen-bond acceptors (Lipinski definition) is 5. The van der Waals surface area contributed by atoms with Crippen molar-refractivity contribution in [3.8, 4) is 11.5 Å². The van der Waals surface area contributed by atoms with Gasteiger partial charge in [-0.05, 0) is 54.8 Å². The maximum absolute atomic E-state index is 13.9. The van der Waals surface area contributed by atoms with Gasteiger partial charge in [0.15, 0.2) is 11.5 Å². The zero-order chi connectivity index (χ0) is 21.9. The summed E-state index contributed by atoms with van der Waals surface area (Å²) in [5.41, 5.74) is 2.34. The van der Waals surface area contributed by atoms with E-state index in [0.29, 0.717) is 43.1 Å². The van der Waals surface area contributed by atoms with E-state index in [1.54, 1.807) is 14.2 Å². The second-order valence-corrected chi connectivity index (χ2v) is 9.09. The van der Waals surface area contributed by atoms with Crippen molar-refractivity contribution >= 4 is 21.6 Å². The Balaban J connectivity index is 1.56. The van der Waals surface area contributed by atoms with Crippen molar-refractivity contribution in [1.29, 1.82) is 0 Å². The van der Waals surface area contributed by atoms with Crippen molar-refractivity contribution in [1.82, 2.24) is 9.62 Å². The second kappa shape index (κ2) is 9.47. The van der Waals surface area contributed by atoms with Crippen LogP contribution in [0.15, 0.2) is 29.2 Å². The lowest BCUT2D eigenvalue weighted by Gasteiger charge is -2.29. The van der Waals surface area contributed by atoms with Gasteiger partial charge in [0, 0.05) is 19.6 Å². The monoisotopic (exact) mass is 460 g/mol. The van der Waals surface area contributed by atoms with Crippen LogP contribution in [0.5, 0.6) is 11.5 Å². The van der Waals surface area contributed by atoms with Gasteiger partial charge in [0.2, 0.25) is 10.0 Å². The van der Waals surface area contributed by atoms with E-state index in [-0.39, 0.29) is 6.54 Å². The highest BCUT2D eigenvalue weighted by Gasteiger charge is 2.22. The zero-order valence-electron chi connectivity index (χ0n) is 16.7. The third-order valence-corrected chi connectivity index (χ3v) is 6.77. The largest absolute Gasteiger partial charge is 0.493 e. The van der Waals surface area contributed by atoms with Crippen LogP contribution in [0.4, 0.5) is 8.78 Å². The molecule has 0 amide bonds. The Kier molecular flexibility index (Phi) is 7.18. The average Bonchev–Trinajstić information content (AvgIpc) is 2.72. The summed E-state index contributed by atoms with van der Waals surface area (Å²) >= 11 is 5.47. The summed E-state index contributed by atoms with van der Waals surface area (Å²) in [5, 5.41) is -0.467. The molecule has 2 aromatic rings. The molecule has 30 heavy (non-hydrogen) atoms. The Morgan fingerprint density at radius 3 is 2.40 bits per heavy atom. The number of fused-ring (bicyclic) bond motifs is 1. The quantitative estimate of drug-likeness (QED) is 0.483. The smallest absolute Gasteiger partial charge is 0.243 e. The van der Waals surface area contributed by atoms with E-state index in [2.05, 4.69) is 9.62 Å². The highest BCUT2D eigenvalue weighted by atomic mass is 35.5. The summed E-state index contributed by atoms with van der Waals surface area (Å²) in [6.07, 6.45) is 1.36. The van der Waals surface area contributed by atoms with Gasteiger partial charge in [-0.2, -0.15) is 0 Å². The fourth-order valence-electron chi connectivity index (χ4n) is 3.43. The van der Waals surface area contributed by atoms with E-state index in [9.17, 15) is 17.2 Å². The number of ether oxygens (including phenoxy) is 2. The van der Waals surface area contributed by atoms with Gasteiger partial charge >= 0.3 is 0 Å². The first-order chi connectivity index (χ1) is 14.2. The molecule has 0 saturated heterocycles. The molecule has 2 aromatic carbocycles. The molecule has 10 heteroatoms. The van der Waals surface area contributed by atoms with Crippen molar-refractivity contribution in [2.45, 2.75) is 24.3 Å². The Bertz CT molecular complexity index is 1030. The summed E-state index contributed by atoms with van der Waals surface area (Å²) < 4.78 is 64.9. The number of halogens is 3. The summed E-state index contributed by atoms with van der Waals surface area (Å²) in [5.74, 6) is -0.712. The van der Waals surface area contributed by atoms with Gasteiger partial charge in [0.05, 0.1) is 19.2 Å². The molecule has 0 fully saturated rings. The number of nitrogens with one attached hydrogen (secondary N) is 1. The molecule has 1 aliphatic heterocycles. The van der Waals surface area contributed by atoms with Crippen LogP contribution < -0.4 is 14.2 Å². The standard InChI is InChI=1S/C20H23ClF2N2O4S/c1-28-18-8-13-4-7-25(12-14(13)9-19(18)29-2)6-3-5-24-30(26,27)20-11-16(22)15(21)10-17(20)23/h8-11,24H,3-7,12H2,1-2H3. The fraction of sp³-hybridized carbons (Fsp3) is 0.400. The van der Waals surface area contributed by atoms with Gasteiger partial charge in [-0.1, -0.05) is 11.6 Å². The van der Waals surface area contributed by atoms with Crippen LogP contribution in [-0.2, 0) is 23.0 Å². The van der Waals surface area contributed by atoms with Crippen molar-refractivity contribution in [2.75, 3.05) is 33.9 Å². The first-order valence-electron chi connectivity index (χ1n) is 9.35. The van der Waals surface area contributed by atoms with E-state index in [1.165, 1.54) is 5.56 Å². The lowest BCUT2D eigenvalue weighted by atomic mass is 9.98. The molecule has 0 atom stereocenters. The molecule has 3 rings (SSSR count). The summed E-state index contributed by atoms with van der Waals surface area (Å²) in [6.45, 7) is 2.28. The van der Waals surface area contributed by atoms with Gasteiger partial charge in [-0.25, -0.2) is 21.9 Å². The highest BCUT2D eigenvalue weighted by Crippen LogP contribution is 2.33. The predicted octanol–water partition coefficient (Wildman–Crippen LogP) is 3.36. The number of hydrogen-bond donors (Lipinski definition) is 1. The number of rotatable bonds is 8. The molecule has 0 aliphatic carbocycles. The first kappa shape index (κ1) is 22.7. The molecule has 0 unspecified atom stereocenters. The van der Waals surface area contributed by atoms with E-state index < -0.39 is 31.6 Å². The normalized spacial score (nSPS) is 14.4. The fourth-order valence-corrected chi connectivity index (χ4v) is 4.72. The topological polar surface area (TPSA) is 67.9 Å². The van der Waals surface area contributed by atoms with Crippen LogP contribution in [0.2, 0.25) is 5.02 Å². The van der Waals surface area contributed by atoms with E-state index >= 15 is 0 Å². The SMILES string of the molecule is COc1cc2c(cc1OC)CN(CCCNS(=O)(=O)c1cc(F)c(Cl)cc1F)CC2. The molecule has 1 N–H and O–H groups in total. The molecule has 0 spiro atoms. The molecule has 0 radical (unpaired) electrons. The third kappa shape index (κ3) is 5.03. The maximum atomic E-state index is 13.9.